The van der Waals surface area contributed by atoms with Gasteiger partial charge < -0.3 is 11.1 Å². The maximum atomic E-state index is 5.98. The van der Waals surface area contributed by atoms with Crippen molar-refractivity contribution in [2.24, 2.45) is 0 Å². The SMILES string of the molecule is CNC(c1cnccc1C)c1cc(Cl)cnc1N. The summed E-state index contributed by atoms with van der Waals surface area (Å²) in [6.07, 6.45) is 5.14. The molecule has 2 heterocycles. The van der Waals surface area contributed by atoms with Crippen molar-refractivity contribution >= 4 is 17.4 Å². The number of nitrogens with zero attached hydrogens (tertiary/aromatic N) is 2. The van der Waals surface area contributed by atoms with Gasteiger partial charge in [0.25, 0.3) is 0 Å². The Morgan fingerprint density at radius 1 is 1.33 bits per heavy atom. The van der Waals surface area contributed by atoms with Crippen LogP contribution < -0.4 is 11.1 Å². The lowest BCUT2D eigenvalue weighted by Gasteiger charge is -2.20. The van der Waals surface area contributed by atoms with E-state index in [9.17, 15) is 0 Å². The Kier molecular flexibility index (Phi) is 3.79. The Hall–Kier alpha value is -1.65. The molecule has 18 heavy (non-hydrogen) atoms. The van der Waals surface area contributed by atoms with Gasteiger partial charge in [-0.2, -0.15) is 0 Å². The fourth-order valence-corrected chi connectivity index (χ4v) is 2.12. The van der Waals surface area contributed by atoms with Gasteiger partial charge in [-0.3, -0.25) is 4.98 Å². The summed E-state index contributed by atoms with van der Waals surface area (Å²) in [5.74, 6) is 0.474. The predicted molar refractivity (Wildman–Crippen MR) is 73.5 cm³/mol. The summed E-state index contributed by atoms with van der Waals surface area (Å²) in [4.78, 5) is 8.25. The number of halogens is 1. The summed E-state index contributed by atoms with van der Waals surface area (Å²) in [6, 6.07) is 3.73. The molecule has 0 fully saturated rings. The predicted octanol–water partition coefficient (Wildman–Crippen LogP) is 2.33. The average molecular weight is 263 g/mol. The Labute approximate surface area is 111 Å². The molecule has 5 heteroatoms. The zero-order valence-electron chi connectivity index (χ0n) is 10.3. The van der Waals surface area contributed by atoms with Gasteiger partial charge in [0.2, 0.25) is 0 Å². The standard InChI is InChI=1S/C13H15ClN4/c1-8-3-4-17-7-11(8)12(16-2)10-5-9(14)6-18-13(10)15/h3-7,12,16H,1-2H3,(H2,15,18). The van der Waals surface area contributed by atoms with E-state index in [0.29, 0.717) is 10.8 Å². The fourth-order valence-electron chi connectivity index (χ4n) is 1.95. The zero-order valence-corrected chi connectivity index (χ0v) is 11.1. The van der Waals surface area contributed by atoms with Crippen LogP contribution in [0.4, 0.5) is 5.82 Å². The van der Waals surface area contributed by atoms with Crippen LogP contribution in [-0.2, 0) is 0 Å². The van der Waals surface area contributed by atoms with Crippen LogP contribution in [0.2, 0.25) is 5.02 Å². The van der Waals surface area contributed by atoms with Crippen molar-refractivity contribution in [3.05, 3.63) is 52.4 Å². The third-order valence-corrected chi connectivity index (χ3v) is 3.11. The first-order valence-corrected chi connectivity index (χ1v) is 6.00. The average Bonchev–Trinajstić information content (AvgIpc) is 2.36. The number of aryl methyl sites for hydroxylation is 1. The van der Waals surface area contributed by atoms with Crippen molar-refractivity contribution in [3.8, 4) is 0 Å². The maximum Gasteiger partial charge on any atom is 0.128 e. The van der Waals surface area contributed by atoms with Crippen molar-refractivity contribution in [2.75, 3.05) is 12.8 Å². The van der Waals surface area contributed by atoms with Crippen LogP contribution in [0.3, 0.4) is 0 Å². The molecular formula is C13H15ClN4. The fraction of sp³-hybridized carbons (Fsp3) is 0.231. The molecule has 0 saturated carbocycles. The number of hydrogen-bond acceptors (Lipinski definition) is 4. The second-order valence-corrected chi connectivity index (χ2v) is 4.52. The molecule has 0 amide bonds. The van der Waals surface area contributed by atoms with Crippen molar-refractivity contribution in [1.29, 1.82) is 0 Å². The second kappa shape index (κ2) is 5.33. The van der Waals surface area contributed by atoms with Crippen LogP contribution in [0.1, 0.15) is 22.7 Å². The molecule has 1 atom stereocenters. The molecule has 2 rings (SSSR count). The topological polar surface area (TPSA) is 63.8 Å². The maximum absolute atomic E-state index is 5.98. The number of anilines is 1. The van der Waals surface area contributed by atoms with Gasteiger partial charge in [-0.05, 0) is 37.2 Å². The van der Waals surface area contributed by atoms with Gasteiger partial charge >= 0.3 is 0 Å². The minimum atomic E-state index is -0.0649. The third-order valence-electron chi connectivity index (χ3n) is 2.91. The second-order valence-electron chi connectivity index (χ2n) is 4.08. The molecule has 2 aromatic rings. The van der Waals surface area contributed by atoms with E-state index in [1.54, 1.807) is 12.4 Å². The monoisotopic (exact) mass is 262 g/mol. The summed E-state index contributed by atoms with van der Waals surface area (Å²) in [5, 5.41) is 3.80. The molecule has 0 saturated heterocycles. The van der Waals surface area contributed by atoms with Crippen LogP contribution in [0.15, 0.2) is 30.7 Å². The number of pyridine rings is 2. The zero-order chi connectivity index (χ0) is 13.1. The summed E-state index contributed by atoms with van der Waals surface area (Å²) in [5.41, 5.74) is 8.99. The normalized spacial score (nSPS) is 12.4. The molecule has 4 nitrogen and oxygen atoms in total. The van der Waals surface area contributed by atoms with Gasteiger partial charge in [0, 0.05) is 24.2 Å². The largest absolute Gasteiger partial charge is 0.383 e. The van der Waals surface area contributed by atoms with Crippen molar-refractivity contribution in [1.82, 2.24) is 15.3 Å². The first kappa shape index (κ1) is 12.8. The summed E-state index contributed by atoms with van der Waals surface area (Å²) < 4.78 is 0. The van der Waals surface area contributed by atoms with Gasteiger partial charge in [-0.1, -0.05) is 11.6 Å². The number of nitrogens with one attached hydrogen (secondary N) is 1. The summed E-state index contributed by atoms with van der Waals surface area (Å²) >= 11 is 5.98. The number of hydrogen-bond donors (Lipinski definition) is 2. The van der Waals surface area contributed by atoms with Crippen molar-refractivity contribution < 1.29 is 0 Å². The number of nitrogen functional groups attached to an aromatic ring is 1. The van der Waals surface area contributed by atoms with E-state index in [2.05, 4.69) is 15.3 Å². The smallest absolute Gasteiger partial charge is 0.128 e. The summed E-state index contributed by atoms with van der Waals surface area (Å²) in [7, 11) is 1.87. The molecule has 0 bridgehead atoms. The number of nitrogens with two attached hydrogens (primary N) is 1. The highest BCUT2D eigenvalue weighted by Gasteiger charge is 2.18. The van der Waals surface area contributed by atoms with Gasteiger partial charge in [0.05, 0.1) is 11.1 Å². The lowest BCUT2D eigenvalue weighted by molar-refractivity contribution is 0.684. The molecule has 0 aliphatic rings. The van der Waals surface area contributed by atoms with Crippen LogP contribution in [0.5, 0.6) is 0 Å². The van der Waals surface area contributed by atoms with E-state index in [0.717, 1.165) is 16.7 Å². The van der Waals surface area contributed by atoms with E-state index in [4.69, 9.17) is 17.3 Å². The first-order valence-electron chi connectivity index (χ1n) is 5.62. The van der Waals surface area contributed by atoms with Crippen LogP contribution >= 0.6 is 11.6 Å². The Bertz CT molecular complexity index is 556. The molecule has 0 spiro atoms. The minimum Gasteiger partial charge on any atom is -0.383 e. The van der Waals surface area contributed by atoms with Gasteiger partial charge in [-0.15, -0.1) is 0 Å². The molecule has 3 N–H and O–H groups in total. The quantitative estimate of drug-likeness (QED) is 0.891. The highest BCUT2D eigenvalue weighted by atomic mass is 35.5. The number of rotatable bonds is 3. The van der Waals surface area contributed by atoms with E-state index >= 15 is 0 Å². The van der Waals surface area contributed by atoms with Crippen LogP contribution in [0, 0.1) is 6.92 Å². The van der Waals surface area contributed by atoms with Gasteiger partial charge in [0.1, 0.15) is 5.82 Å². The van der Waals surface area contributed by atoms with E-state index in [1.807, 2.05) is 32.3 Å². The lowest BCUT2D eigenvalue weighted by Crippen LogP contribution is -2.20. The minimum absolute atomic E-state index is 0.0649. The van der Waals surface area contributed by atoms with E-state index < -0.39 is 0 Å². The number of aromatic nitrogens is 2. The van der Waals surface area contributed by atoms with Gasteiger partial charge in [-0.25, -0.2) is 4.98 Å². The molecule has 0 aromatic carbocycles. The Morgan fingerprint density at radius 3 is 2.78 bits per heavy atom. The lowest BCUT2D eigenvalue weighted by atomic mass is 9.97. The Balaban J connectivity index is 2.52. The van der Waals surface area contributed by atoms with Crippen molar-refractivity contribution in [2.45, 2.75) is 13.0 Å². The molecule has 94 valence electrons. The molecule has 2 aromatic heterocycles. The summed E-state index contributed by atoms with van der Waals surface area (Å²) in [6.45, 7) is 2.04. The van der Waals surface area contributed by atoms with Crippen LogP contribution in [-0.4, -0.2) is 17.0 Å². The highest BCUT2D eigenvalue weighted by molar-refractivity contribution is 6.30. The first-order chi connectivity index (χ1) is 8.63. The van der Waals surface area contributed by atoms with Crippen molar-refractivity contribution in [3.63, 3.8) is 0 Å². The van der Waals surface area contributed by atoms with Crippen LogP contribution in [0.25, 0.3) is 0 Å². The highest BCUT2D eigenvalue weighted by Crippen LogP contribution is 2.28. The molecule has 0 radical (unpaired) electrons. The third kappa shape index (κ3) is 2.44. The molecule has 0 aliphatic heterocycles. The Morgan fingerprint density at radius 2 is 2.11 bits per heavy atom. The van der Waals surface area contributed by atoms with E-state index in [1.165, 1.54) is 0 Å². The molecular weight excluding hydrogens is 248 g/mol. The molecule has 1 unspecified atom stereocenters. The molecule has 0 aliphatic carbocycles. The van der Waals surface area contributed by atoms with Gasteiger partial charge in [0.15, 0.2) is 0 Å². The van der Waals surface area contributed by atoms with E-state index in [-0.39, 0.29) is 6.04 Å².